The number of hydrogen-bond donors (Lipinski definition) is 2. The van der Waals surface area contributed by atoms with Crippen LogP contribution in [-0.2, 0) is 17.8 Å². The molecule has 0 radical (unpaired) electrons. The average molecular weight is 373 g/mol. The summed E-state index contributed by atoms with van der Waals surface area (Å²) in [6.45, 7) is 0.521. The molecule has 0 saturated carbocycles. The summed E-state index contributed by atoms with van der Waals surface area (Å²) in [7, 11) is 0. The van der Waals surface area contributed by atoms with Gasteiger partial charge >= 0.3 is 0 Å². The van der Waals surface area contributed by atoms with Crippen molar-refractivity contribution in [3.63, 3.8) is 0 Å². The van der Waals surface area contributed by atoms with E-state index in [1.165, 1.54) is 0 Å². The molecule has 1 aliphatic rings. The van der Waals surface area contributed by atoms with Gasteiger partial charge in [0.25, 0.3) is 6.43 Å². The number of aryl methyl sites for hydroxylation is 1. The summed E-state index contributed by atoms with van der Waals surface area (Å²) in [6, 6.07) is 11.4. The lowest BCUT2D eigenvalue weighted by atomic mass is 10.1. The zero-order chi connectivity index (χ0) is 18.1. The summed E-state index contributed by atoms with van der Waals surface area (Å²) in [5.41, 5.74) is 4.46. The SMILES string of the molecule is O=C1CCCc2cc(NCc3cccc4nc(C(F)F)sc34)ccc2N1. The van der Waals surface area contributed by atoms with Crippen LogP contribution in [0.4, 0.5) is 20.2 Å². The number of halogens is 2. The number of benzene rings is 2. The molecule has 4 nitrogen and oxygen atoms in total. The highest BCUT2D eigenvalue weighted by molar-refractivity contribution is 7.18. The molecule has 1 amide bonds. The van der Waals surface area contributed by atoms with Gasteiger partial charge in [0.05, 0.1) is 10.2 Å². The molecule has 1 aromatic heterocycles. The Morgan fingerprint density at radius 1 is 1.23 bits per heavy atom. The number of fused-ring (bicyclic) bond motifs is 2. The minimum Gasteiger partial charge on any atom is -0.381 e. The van der Waals surface area contributed by atoms with E-state index < -0.39 is 6.43 Å². The first-order valence-electron chi connectivity index (χ1n) is 8.43. The molecule has 1 aliphatic heterocycles. The highest BCUT2D eigenvalue weighted by Gasteiger charge is 2.16. The van der Waals surface area contributed by atoms with E-state index in [1.54, 1.807) is 6.07 Å². The predicted molar refractivity (Wildman–Crippen MR) is 99.9 cm³/mol. The Balaban J connectivity index is 1.55. The zero-order valence-electron chi connectivity index (χ0n) is 13.9. The van der Waals surface area contributed by atoms with E-state index in [-0.39, 0.29) is 10.9 Å². The fraction of sp³-hybridized carbons (Fsp3) is 0.263. The van der Waals surface area contributed by atoms with Crippen molar-refractivity contribution in [1.29, 1.82) is 0 Å². The topological polar surface area (TPSA) is 54.0 Å². The highest BCUT2D eigenvalue weighted by Crippen LogP contribution is 2.32. The second-order valence-corrected chi connectivity index (χ2v) is 7.28. The fourth-order valence-corrected chi connectivity index (χ4v) is 4.07. The molecule has 4 rings (SSSR count). The second kappa shape index (κ2) is 6.99. The van der Waals surface area contributed by atoms with Crippen molar-refractivity contribution >= 4 is 38.8 Å². The van der Waals surface area contributed by atoms with Crippen molar-refractivity contribution in [2.75, 3.05) is 10.6 Å². The van der Waals surface area contributed by atoms with Crippen molar-refractivity contribution in [1.82, 2.24) is 4.98 Å². The Kier molecular flexibility index (Phi) is 4.55. The van der Waals surface area contributed by atoms with Crippen molar-refractivity contribution < 1.29 is 13.6 Å². The van der Waals surface area contributed by atoms with Gasteiger partial charge in [0, 0.05) is 24.3 Å². The largest absolute Gasteiger partial charge is 0.381 e. The van der Waals surface area contributed by atoms with E-state index in [4.69, 9.17) is 0 Å². The molecule has 0 saturated heterocycles. The van der Waals surface area contributed by atoms with E-state index in [0.717, 1.165) is 51.4 Å². The predicted octanol–water partition coefficient (Wildman–Crippen LogP) is 5.12. The zero-order valence-corrected chi connectivity index (χ0v) is 14.7. The maximum atomic E-state index is 12.9. The van der Waals surface area contributed by atoms with Crippen LogP contribution in [0.15, 0.2) is 36.4 Å². The highest BCUT2D eigenvalue weighted by atomic mass is 32.1. The Bertz CT molecular complexity index is 971. The molecule has 2 N–H and O–H groups in total. The van der Waals surface area contributed by atoms with Crippen molar-refractivity contribution in [3.8, 4) is 0 Å². The summed E-state index contributed by atoms with van der Waals surface area (Å²) in [5.74, 6) is 0.0520. The number of alkyl halides is 2. The van der Waals surface area contributed by atoms with E-state index in [2.05, 4.69) is 15.6 Å². The van der Waals surface area contributed by atoms with E-state index in [9.17, 15) is 13.6 Å². The summed E-state index contributed by atoms with van der Waals surface area (Å²) >= 11 is 1.04. The molecule has 0 unspecified atom stereocenters. The van der Waals surface area contributed by atoms with Crippen LogP contribution in [-0.4, -0.2) is 10.9 Å². The first-order chi connectivity index (χ1) is 12.6. The number of thiazole rings is 1. The van der Waals surface area contributed by atoms with Crippen LogP contribution in [0.3, 0.4) is 0 Å². The van der Waals surface area contributed by atoms with Gasteiger partial charge < -0.3 is 10.6 Å². The first kappa shape index (κ1) is 16.9. The van der Waals surface area contributed by atoms with Gasteiger partial charge in [0.15, 0.2) is 5.01 Å². The van der Waals surface area contributed by atoms with Crippen LogP contribution < -0.4 is 10.6 Å². The van der Waals surface area contributed by atoms with E-state index in [0.29, 0.717) is 18.5 Å². The fourth-order valence-electron chi connectivity index (χ4n) is 3.14. The number of nitrogens with one attached hydrogen (secondary N) is 2. The molecule has 0 fully saturated rings. The molecule has 7 heteroatoms. The molecule has 2 heterocycles. The summed E-state index contributed by atoms with van der Waals surface area (Å²) in [4.78, 5) is 15.6. The molecule has 0 bridgehead atoms. The first-order valence-corrected chi connectivity index (χ1v) is 9.25. The van der Waals surface area contributed by atoms with Gasteiger partial charge in [-0.05, 0) is 48.2 Å². The third-order valence-corrected chi connectivity index (χ3v) is 5.57. The minimum absolute atomic E-state index is 0.0520. The molecular formula is C19H17F2N3OS. The number of anilines is 2. The van der Waals surface area contributed by atoms with Gasteiger partial charge in [0.2, 0.25) is 5.91 Å². The molecule has 26 heavy (non-hydrogen) atoms. The van der Waals surface area contributed by atoms with Crippen molar-refractivity contribution in [2.45, 2.75) is 32.2 Å². The van der Waals surface area contributed by atoms with Crippen molar-refractivity contribution in [3.05, 3.63) is 52.5 Å². The summed E-state index contributed by atoms with van der Waals surface area (Å²) < 4.78 is 26.6. The lowest BCUT2D eigenvalue weighted by Crippen LogP contribution is -2.09. The average Bonchev–Trinajstić information content (AvgIpc) is 2.98. The van der Waals surface area contributed by atoms with Gasteiger partial charge in [-0.1, -0.05) is 12.1 Å². The molecule has 134 valence electrons. The number of hydrogen-bond acceptors (Lipinski definition) is 4. The molecular weight excluding hydrogens is 356 g/mol. The summed E-state index contributed by atoms with van der Waals surface area (Å²) in [5, 5.41) is 6.12. The Morgan fingerprint density at radius 2 is 2.12 bits per heavy atom. The van der Waals surface area contributed by atoms with Gasteiger partial charge in [-0.15, -0.1) is 11.3 Å². The lowest BCUT2D eigenvalue weighted by molar-refractivity contribution is -0.116. The maximum absolute atomic E-state index is 12.9. The minimum atomic E-state index is -2.55. The lowest BCUT2D eigenvalue weighted by Gasteiger charge is -2.11. The molecule has 0 atom stereocenters. The number of amides is 1. The van der Waals surface area contributed by atoms with Crippen LogP contribution in [0.2, 0.25) is 0 Å². The molecule has 2 aromatic carbocycles. The smallest absolute Gasteiger partial charge is 0.289 e. The second-order valence-electron chi connectivity index (χ2n) is 6.25. The Labute approximate surface area is 153 Å². The van der Waals surface area contributed by atoms with Gasteiger partial charge in [0.1, 0.15) is 0 Å². The molecule has 0 spiro atoms. The maximum Gasteiger partial charge on any atom is 0.289 e. The normalized spacial score (nSPS) is 14.2. The Morgan fingerprint density at radius 3 is 2.96 bits per heavy atom. The number of carbonyl (C=O) groups excluding carboxylic acids is 1. The van der Waals surface area contributed by atoms with Gasteiger partial charge in [-0.2, -0.15) is 0 Å². The Hall–Kier alpha value is -2.54. The van der Waals surface area contributed by atoms with Crippen LogP contribution in [0.1, 0.15) is 35.4 Å². The number of rotatable bonds is 4. The third kappa shape index (κ3) is 3.39. The van der Waals surface area contributed by atoms with E-state index >= 15 is 0 Å². The molecule has 3 aromatic rings. The van der Waals surface area contributed by atoms with Crippen LogP contribution in [0.25, 0.3) is 10.2 Å². The van der Waals surface area contributed by atoms with Crippen LogP contribution in [0.5, 0.6) is 0 Å². The van der Waals surface area contributed by atoms with Crippen molar-refractivity contribution in [2.24, 2.45) is 0 Å². The van der Waals surface area contributed by atoms with Gasteiger partial charge in [-0.3, -0.25) is 4.79 Å². The monoisotopic (exact) mass is 373 g/mol. The third-order valence-electron chi connectivity index (χ3n) is 4.41. The van der Waals surface area contributed by atoms with E-state index in [1.807, 2.05) is 30.3 Å². The van der Waals surface area contributed by atoms with Crippen LogP contribution in [0, 0.1) is 0 Å². The standard InChI is InChI=1S/C19H17F2N3OS/c20-18(21)19-24-15-5-1-4-12(17(15)26-19)10-22-13-7-8-14-11(9-13)3-2-6-16(25)23-14/h1,4-5,7-9,18,22H,2-3,6,10H2,(H,23,25). The number of carbonyl (C=O) groups is 1. The molecule has 0 aliphatic carbocycles. The van der Waals surface area contributed by atoms with Crippen LogP contribution >= 0.6 is 11.3 Å². The van der Waals surface area contributed by atoms with Gasteiger partial charge in [-0.25, -0.2) is 13.8 Å². The quantitative estimate of drug-likeness (QED) is 0.667. The summed E-state index contributed by atoms with van der Waals surface area (Å²) in [6.07, 6.45) is -0.324. The number of nitrogens with zero attached hydrogens (tertiary/aromatic N) is 1. The number of aromatic nitrogens is 1.